The van der Waals surface area contributed by atoms with Crippen molar-refractivity contribution in [2.24, 2.45) is 10.8 Å². The molecule has 4 rings (SSSR count). The molecule has 0 spiro atoms. The summed E-state index contributed by atoms with van der Waals surface area (Å²) in [5.41, 5.74) is 0.618. The average Bonchev–Trinajstić information content (AvgIpc) is 2.81. The number of rotatable bonds is 3. The molecule has 132 valence electrons. The summed E-state index contributed by atoms with van der Waals surface area (Å²) in [6.07, 6.45) is 5.25. The van der Waals surface area contributed by atoms with Gasteiger partial charge in [-0.05, 0) is 30.1 Å². The highest BCUT2D eigenvalue weighted by Crippen LogP contribution is 2.52. The van der Waals surface area contributed by atoms with Crippen LogP contribution in [0.2, 0.25) is 0 Å². The Bertz CT molecular complexity index is 816. The van der Waals surface area contributed by atoms with E-state index in [9.17, 15) is 4.79 Å². The molecule has 1 aliphatic carbocycles. The lowest BCUT2D eigenvalue weighted by atomic mass is 9.65. The Balaban J connectivity index is 1.48. The van der Waals surface area contributed by atoms with Crippen LogP contribution in [0, 0.1) is 10.8 Å². The normalized spacial score (nSPS) is 27.6. The topological polar surface area (TPSA) is 46.1 Å². The van der Waals surface area contributed by atoms with Crippen LogP contribution in [0.3, 0.4) is 0 Å². The molecule has 5 heteroatoms. The number of hydrogen-bond donors (Lipinski definition) is 0. The van der Waals surface area contributed by atoms with Gasteiger partial charge in [-0.15, -0.1) is 5.10 Å². The van der Waals surface area contributed by atoms with E-state index in [0.29, 0.717) is 17.2 Å². The van der Waals surface area contributed by atoms with Crippen molar-refractivity contribution in [3.63, 3.8) is 0 Å². The number of amides is 1. The molecule has 4 nitrogen and oxygen atoms in total. The summed E-state index contributed by atoms with van der Waals surface area (Å²) in [4.78, 5) is 15.0. The van der Waals surface area contributed by atoms with Gasteiger partial charge in [0.2, 0.25) is 5.91 Å². The van der Waals surface area contributed by atoms with E-state index in [2.05, 4.69) is 35.9 Å². The maximum absolute atomic E-state index is 12.9. The van der Waals surface area contributed by atoms with Gasteiger partial charge in [0, 0.05) is 23.4 Å². The van der Waals surface area contributed by atoms with Crippen molar-refractivity contribution in [2.45, 2.75) is 51.1 Å². The Morgan fingerprint density at radius 3 is 2.92 bits per heavy atom. The van der Waals surface area contributed by atoms with Crippen molar-refractivity contribution in [2.75, 3.05) is 12.3 Å². The first kappa shape index (κ1) is 16.8. The molecular formula is C20H25N3OS. The number of thioether (sulfide) groups is 1. The average molecular weight is 356 g/mol. The highest BCUT2D eigenvalue weighted by molar-refractivity contribution is 8.00. The quantitative estimate of drug-likeness (QED) is 0.776. The maximum atomic E-state index is 12.9. The van der Waals surface area contributed by atoms with Gasteiger partial charge in [-0.1, -0.05) is 56.8 Å². The van der Waals surface area contributed by atoms with Crippen LogP contribution in [0.1, 0.15) is 40.0 Å². The minimum atomic E-state index is 0.242. The molecule has 2 heterocycles. The second kappa shape index (κ2) is 5.97. The Morgan fingerprint density at radius 1 is 1.28 bits per heavy atom. The fourth-order valence-corrected chi connectivity index (χ4v) is 5.95. The summed E-state index contributed by atoms with van der Waals surface area (Å²) in [5.74, 6) is 0.682. The van der Waals surface area contributed by atoms with Crippen molar-refractivity contribution in [3.05, 3.63) is 30.5 Å². The van der Waals surface area contributed by atoms with E-state index < -0.39 is 0 Å². The molecule has 2 aliphatic rings. The molecule has 0 unspecified atom stereocenters. The SMILES string of the molecule is CC1(C)C[C@H]2C[C@](C)(CN2C(=O)CSc2nncc3ccccc23)C1. The maximum Gasteiger partial charge on any atom is 0.233 e. The third-order valence-corrected chi connectivity index (χ3v) is 6.57. The number of hydrogen-bond acceptors (Lipinski definition) is 4. The van der Waals surface area contributed by atoms with E-state index in [1.165, 1.54) is 18.2 Å². The lowest BCUT2D eigenvalue weighted by molar-refractivity contribution is -0.129. The summed E-state index contributed by atoms with van der Waals surface area (Å²) in [7, 11) is 0. The Morgan fingerprint density at radius 2 is 2.08 bits per heavy atom. The molecule has 0 N–H and O–H groups in total. The molecule has 1 aliphatic heterocycles. The minimum absolute atomic E-state index is 0.242. The molecule has 25 heavy (non-hydrogen) atoms. The van der Waals surface area contributed by atoms with Gasteiger partial charge in [0.1, 0.15) is 5.03 Å². The van der Waals surface area contributed by atoms with Crippen molar-refractivity contribution in [1.82, 2.24) is 15.1 Å². The fraction of sp³-hybridized carbons (Fsp3) is 0.550. The van der Waals surface area contributed by atoms with Gasteiger partial charge in [-0.25, -0.2) is 0 Å². The Kier molecular flexibility index (Phi) is 4.02. The summed E-state index contributed by atoms with van der Waals surface area (Å²) < 4.78 is 0. The molecule has 1 saturated carbocycles. The third kappa shape index (κ3) is 3.26. The first-order valence-corrected chi connectivity index (χ1v) is 9.97. The molecule has 2 bridgehead atoms. The van der Waals surface area contributed by atoms with Crippen LogP contribution in [0.4, 0.5) is 0 Å². The number of carbonyl (C=O) groups excluding carboxylic acids is 1. The highest BCUT2D eigenvalue weighted by atomic mass is 32.2. The fourth-order valence-electron chi connectivity index (χ4n) is 5.07. The van der Waals surface area contributed by atoms with E-state index in [4.69, 9.17) is 0 Å². The van der Waals surface area contributed by atoms with Crippen LogP contribution in [-0.4, -0.2) is 39.3 Å². The van der Waals surface area contributed by atoms with Crippen LogP contribution in [0.15, 0.2) is 35.5 Å². The molecule has 1 aromatic heterocycles. The zero-order valence-corrected chi connectivity index (χ0v) is 16.0. The van der Waals surface area contributed by atoms with E-state index in [0.717, 1.165) is 35.2 Å². The van der Waals surface area contributed by atoms with E-state index >= 15 is 0 Å². The third-order valence-electron chi connectivity index (χ3n) is 5.60. The van der Waals surface area contributed by atoms with Gasteiger partial charge in [-0.2, -0.15) is 5.10 Å². The van der Waals surface area contributed by atoms with Gasteiger partial charge in [-0.3, -0.25) is 4.79 Å². The number of likely N-dealkylation sites (tertiary alicyclic amines) is 1. The number of benzene rings is 1. The number of carbonyl (C=O) groups is 1. The zero-order valence-electron chi connectivity index (χ0n) is 15.2. The number of nitrogens with zero attached hydrogens (tertiary/aromatic N) is 3. The molecule has 2 atom stereocenters. The number of fused-ring (bicyclic) bond motifs is 3. The van der Waals surface area contributed by atoms with Crippen LogP contribution in [0.25, 0.3) is 10.8 Å². The van der Waals surface area contributed by atoms with Gasteiger partial charge >= 0.3 is 0 Å². The molecule has 1 saturated heterocycles. The second-order valence-corrected chi connectivity index (χ2v) is 9.73. The summed E-state index contributed by atoms with van der Waals surface area (Å²) in [6.45, 7) is 7.93. The molecule has 1 aromatic carbocycles. The summed E-state index contributed by atoms with van der Waals surface area (Å²) >= 11 is 1.51. The zero-order chi connectivity index (χ0) is 17.7. The molecule has 2 aromatic rings. The molecule has 1 amide bonds. The van der Waals surface area contributed by atoms with Gasteiger partial charge in [0.15, 0.2) is 0 Å². The highest BCUT2D eigenvalue weighted by Gasteiger charge is 2.50. The Hall–Kier alpha value is -1.62. The predicted octanol–water partition coefficient (Wildman–Crippen LogP) is 4.15. The van der Waals surface area contributed by atoms with Crippen molar-refractivity contribution < 1.29 is 4.79 Å². The molecule has 0 radical (unpaired) electrons. The van der Waals surface area contributed by atoms with Crippen LogP contribution >= 0.6 is 11.8 Å². The van der Waals surface area contributed by atoms with E-state index in [1.54, 1.807) is 6.20 Å². The smallest absolute Gasteiger partial charge is 0.233 e. The molecule has 2 fully saturated rings. The second-order valence-electron chi connectivity index (χ2n) is 8.76. The summed E-state index contributed by atoms with van der Waals surface area (Å²) in [6, 6.07) is 8.48. The first-order chi connectivity index (χ1) is 11.9. The van der Waals surface area contributed by atoms with Crippen molar-refractivity contribution in [3.8, 4) is 0 Å². The van der Waals surface area contributed by atoms with Gasteiger partial charge in [0.25, 0.3) is 0 Å². The standard InChI is InChI=1S/C20H25N3OS/c1-19(2)8-15-9-20(3,12-19)13-23(15)17(24)11-25-18-16-7-5-4-6-14(16)10-21-22-18/h4-7,10,15H,8-9,11-13H2,1-3H3/t15-,20-/m0/s1. The van der Waals surface area contributed by atoms with Crippen LogP contribution in [-0.2, 0) is 4.79 Å². The predicted molar refractivity (Wildman–Crippen MR) is 102 cm³/mol. The monoisotopic (exact) mass is 355 g/mol. The lowest BCUT2D eigenvalue weighted by Gasteiger charge is -2.39. The van der Waals surface area contributed by atoms with E-state index in [-0.39, 0.29) is 11.3 Å². The van der Waals surface area contributed by atoms with E-state index in [1.807, 2.05) is 24.3 Å². The van der Waals surface area contributed by atoms with Gasteiger partial charge in [0.05, 0.1) is 11.9 Å². The largest absolute Gasteiger partial charge is 0.338 e. The van der Waals surface area contributed by atoms with Crippen LogP contribution < -0.4 is 0 Å². The summed E-state index contributed by atoms with van der Waals surface area (Å²) in [5, 5.41) is 11.3. The van der Waals surface area contributed by atoms with Gasteiger partial charge < -0.3 is 4.90 Å². The van der Waals surface area contributed by atoms with Crippen molar-refractivity contribution >= 4 is 28.4 Å². The van der Waals surface area contributed by atoms with Crippen molar-refractivity contribution in [1.29, 1.82) is 0 Å². The first-order valence-electron chi connectivity index (χ1n) is 8.98. The minimum Gasteiger partial charge on any atom is -0.338 e. The lowest BCUT2D eigenvalue weighted by Crippen LogP contribution is -2.38. The molecular weight excluding hydrogens is 330 g/mol. The van der Waals surface area contributed by atoms with Crippen LogP contribution in [0.5, 0.6) is 0 Å². The number of aromatic nitrogens is 2. The Labute approximate surface area is 153 Å².